The Kier molecular flexibility index (Phi) is 3.20. The fourth-order valence-electron chi connectivity index (χ4n) is 2.12. The van der Waals surface area contributed by atoms with Crippen molar-refractivity contribution in [2.24, 2.45) is 5.92 Å². The first kappa shape index (κ1) is 12.1. The van der Waals surface area contributed by atoms with Gasteiger partial charge in [-0.2, -0.15) is 0 Å². The number of aliphatic carboxylic acids is 1. The first-order chi connectivity index (χ1) is 8.07. The van der Waals surface area contributed by atoms with Gasteiger partial charge in [0.25, 0.3) is 0 Å². The normalized spacial score (nSPS) is 18.7. The summed E-state index contributed by atoms with van der Waals surface area (Å²) in [6.07, 6.45) is 2.66. The van der Waals surface area contributed by atoms with Crippen LogP contribution in [-0.4, -0.2) is 22.8 Å². The van der Waals surface area contributed by atoms with Crippen LogP contribution in [0.4, 0.5) is 0 Å². The Labute approximate surface area is 101 Å². The molecule has 0 heterocycles. The molecule has 0 saturated heterocycles. The molecule has 1 saturated carbocycles. The Morgan fingerprint density at radius 3 is 2.35 bits per heavy atom. The lowest BCUT2D eigenvalue weighted by atomic mass is 9.94. The highest BCUT2D eigenvalue weighted by Gasteiger charge is 2.43. The van der Waals surface area contributed by atoms with Gasteiger partial charge in [0.05, 0.1) is 12.5 Å². The molecule has 3 nitrogen and oxygen atoms in total. The highest BCUT2D eigenvalue weighted by molar-refractivity contribution is 5.69. The van der Waals surface area contributed by atoms with Crippen molar-refractivity contribution in [1.29, 1.82) is 0 Å². The van der Waals surface area contributed by atoms with Crippen molar-refractivity contribution in [3.05, 3.63) is 35.4 Å². The zero-order chi connectivity index (χ0) is 12.5. The zero-order valence-electron chi connectivity index (χ0n) is 10.0. The maximum atomic E-state index is 10.8. The Bertz CT molecular complexity index is 404. The average Bonchev–Trinajstić information content (AvgIpc) is 3.11. The minimum absolute atomic E-state index is 0.00303. The van der Waals surface area contributed by atoms with Crippen LogP contribution in [0, 0.1) is 5.92 Å². The van der Waals surface area contributed by atoms with Crippen molar-refractivity contribution < 1.29 is 15.0 Å². The van der Waals surface area contributed by atoms with Gasteiger partial charge in [0.15, 0.2) is 0 Å². The molecule has 17 heavy (non-hydrogen) atoms. The van der Waals surface area contributed by atoms with Gasteiger partial charge in [0.1, 0.15) is 0 Å². The third kappa shape index (κ3) is 2.50. The second-order valence-corrected chi connectivity index (χ2v) is 5.08. The van der Waals surface area contributed by atoms with E-state index < -0.39 is 5.97 Å². The summed E-state index contributed by atoms with van der Waals surface area (Å²) in [6.45, 7) is 1.92. The predicted molar refractivity (Wildman–Crippen MR) is 64.9 cm³/mol. The van der Waals surface area contributed by atoms with Gasteiger partial charge in [0.2, 0.25) is 0 Å². The fourth-order valence-corrected chi connectivity index (χ4v) is 2.12. The minimum Gasteiger partial charge on any atom is -0.481 e. The third-order valence-electron chi connectivity index (χ3n) is 3.69. The molecule has 0 aromatic heterocycles. The zero-order valence-corrected chi connectivity index (χ0v) is 10.0. The van der Waals surface area contributed by atoms with E-state index in [1.54, 1.807) is 6.92 Å². The molecule has 2 N–H and O–H groups in total. The van der Waals surface area contributed by atoms with Gasteiger partial charge in [0, 0.05) is 5.41 Å². The highest BCUT2D eigenvalue weighted by Crippen LogP contribution is 2.47. The summed E-state index contributed by atoms with van der Waals surface area (Å²) in [7, 11) is 0. The highest BCUT2D eigenvalue weighted by atomic mass is 16.4. The summed E-state index contributed by atoms with van der Waals surface area (Å²) in [5, 5.41) is 18.2. The van der Waals surface area contributed by atoms with Crippen molar-refractivity contribution in [1.82, 2.24) is 0 Å². The molecule has 3 heteroatoms. The summed E-state index contributed by atoms with van der Waals surface area (Å²) >= 11 is 0. The van der Waals surface area contributed by atoms with Gasteiger partial charge >= 0.3 is 5.97 Å². The number of hydrogen-bond acceptors (Lipinski definition) is 2. The summed E-state index contributed by atoms with van der Waals surface area (Å²) < 4.78 is 0. The molecule has 1 aliphatic rings. The number of hydrogen-bond donors (Lipinski definition) is 2. The second-order valence-electron chi connectivity index (χ2n) is 5.08. The Balaban J connectivity index is 2.06. The van der Waals surface area contributed by atoms with Crippen LogP contribution in [0.1, 0.15) is 30.9 Å². The number of carboxylic acids is 1. The number of carbonyl (C=O) groups is 1. The minimum atomic E-state index is -0.761. The number of aliphatic hydroxyl groups is 1. The number of carboxylic acid groups (broad SMARTS) is 1. The number of aliphatic hydroxyl groups excluding tert-OH is 1. The van der Waals surface area contributed by atoms with Crippen LogP contribution < -0.4 is 0 Å². The molecule has 0 radical (unpaired) electrons. The lowest BCUT2D eigenvalue weighted by molar-refractivity contribution is -0.141. The first-order valence-electron chi connectivity index (χ1n) is 6.00. The van der Waals surface area contributed by atoms with E-state index in [1.165, 1.54) is 5.56 Å². The lowest BCUT2D eigenvalue weighted by Crippen LogP contribution is -2.13. The van der Waals surface area contributed by atoms with Crippen molar-refractivity contribution in [3.63, 3.8) is 0 Å². The molecule has 0 bridgehead atoms. The predicted octanol–water partition coefficient (Wildman–Crippen LogP) is 1.97. The maximum absolute atomic E-state index is 10.8. The molecule has 1 aromatic rings. The summed E-state index contributed by atoms with van der Waals surface area (Å²) in [6, 6.07) is 8.00. The fraction of sp³-hybridized carbons (Fsp3) is 0.500. The average molecular weight is 234 g/mol. The molecule has 1 unspecified atom stereocenters. The standard InChI is InChI=1S/C14H18O3/c1-10(13(16)17)8-11-2-4-12(5-3-11)14(9-15)6-7-14/h2-5,10,15H,6-9H2,1H3,(H,16,17). The molecule has 1 fully saturated rings. The van der Waals surface area contributed by atoms with Crippen LogP contribution in [0.15, 0.2) is 24.3 Å². The van der Waals surface area contributed by atoms with Crippen LogP contribution in [0.25, 0.3) is 0 Å². The SMILES string of the molecule is CC(Cc1ccc(C2(CO)CC2)cc1)C(=O)O. The van der Waals surface area contributed by atoms with E-state index in [1.807, 2.05) is 24.3 Å². The molecule has 92 valence electrons. The molecule has 2 rings (SSSR count). The van der Waals surface area contributed by atoms with E-state index in [9.17, 15) is 9.90 Å². The Morgan fingerprint density at radius 1 is 1.35 bits per heavy atom. The molecule has 1 aromatic carbocycles. The Morgan fingerprint density at radius 2 is 1.94 bits per heavy atom. The number of rotatable bonds is 5. The van der Waals surface area contributed by atoms with Crippen LogP contribution >= 0.6 is 0 Å². The quantitative estimate of drug-likeness (QED) is 0.819. The van der Waals surface area contributed by atoms with Crippen molar-refractivity contribution in [2.45, 2.75) is 31.6 Å². The summed E-state index contributed by atoms with van der Waals surface area (Å²) in [4.78, 5) is 10.8. The van der Waals surface area contributed by atoms with E-state index in [4.69, 9.17) is 5.11 Å². The summed E-state index contributed by atoms with van der Waals surface area (Å²) in [5.74, 6) is -1.11. The van der Waals surface area contributed by atoms with E-state index in [2.05, 4.69) is 0 Å². The van der Waals surface area contributed by atoms with Gasteiger partial charge in [-0.15, -0.1) is 0 Å². The molecule has 0 spiro atoms. The topological polar surface area (TPSA) is 57.5 Å². The Hall–Kier alpha value is -1.35. The van der Waals surface area contributed by atoms with Crippen molar-refractivity contribution in [3.8, 4) is 0 Å². The van der Waals surface area contributed by atoms with E-state index in [0.717, 1.165) is 18.4 Å². The second kappa shape index (κ2) is 4.49. The smallest absolute Gasteiger partial charge is 0.306 e. The van der Waals surface area contributed by atoms with Crippen LogP contribution in [-0.2, 0) is 16.6 Å². The van der Waals surface area contributed by atoms with E-state index >= 15 is 0 Å². The molecule has 1 atom stereocenters. The molecule has 1 aliphatic carbocycles. The molecular weight excluding hydrogens is 216 g/mol. The first-order valence-corrected chi connectivity index (χ1v) is 6.00. The van der Waals surface area contributed by atoms with Crippen LogP contribution in [0.2, 0.25) is 0 Å². The number of benzene rings is 1. The van der Waals surface area contributed by atoms with Crippen molar-refractivity contribution >= 4 is 5.97 Å². The molecular formula is C14H18O3. The van der Waals surface area contributed by atoms with E-state index in [0.29, 0.717) is 6.42 Å². The van der Waals surface area contributed by atoms with Crippen LogP contribution in [0.3, 0.4) is 0 Å². The third-order valence-corrected chi connectivity index (χ3v) is 3.69. The van der Waals surface area contributed by atoms with Gasteiger partial charge in [-0.3, -0.25) is 4.79 Å². The largest absolute Gasteiger partial charge is 0.481 e. The van der Waals surface area contributed by atoms with E-state index in [-0.39, 0.29) is 17.9 Å². The molecule has 0 aliphatic heterocycles. The molecule has 0 amide bonds. The monoisotopic (exact) mass is 234 g/mol. The van der Waals surface area contributed by atoms with Gasteiger partial charge in [-0.05, 0) is 30.4 Å². The summed E-state index contributed by atoms with van der Waals surface area (Å²) in [5.41, 5.74) is 2.21. The lowest BCUT2D eigenvalue weighted by Gasteiger charge is -2.13. The van der Waals surface area contributed by atoms with Gasteiger partial charge < -0.3 is 10.2 Å². The maximum Gasteiger partial charge on any atom is 0.306 e. The van der Waals surface area contributed by atoms with Crippen molar-refractivity contribution in [2.75, 3.05) is 6.61 Å². The van der Waals surface area contributed by atoms with Gasteiger partial charge in [-0.1, -0.05) is 31.2 Å². The van der Waals surface area contributed by atoms with Gasteiger partial charge in [-0.25, -0.2) is 0 Å². The van der Waals surface area contributed by atoms with Crippen LogP contribution in [0.5, 0.6) is 0 Å².